The first-order valence-corrected chi connectivity index (χ1v) is 8.73. The van der Waals surface area contributed by atoms with Gasteiger partial charge in [-0.1, -0.05) is 13.0 Å². The van der Waals surface area contributed by atoms with Gasteiger partial charge >= 0.3 is 6.18 Å². The molecule has 0 aliphatic rings. The lowest BCUT2D eigenvalue weighted by atomic mass is 10.1. The van der Waals surface area contributed by atoms with Gasteiger partial charge in [-0.2, -0.15) is 18.3 Å². The number of halogens is 3. The van der Waals surface area contributed by atoms with Gasteiger partial charge in [0, 0.05) is 23.6 Å². The minimum Gasteiger partial charge on any atom is -0.369 e. The van der Waals surface area contributed by atoms with E-state index in [-0.39, 0.29) is 11.9 Å². The Morgan fingerprint density at radius 3 is 2.72 bits per heavy atom. The highest BCUT2D eigenvalue weighted by molar-refractivity contribution is 5.76. The van der Waals surface area contributed by atoms with Crippen molar-refractivity contribution >= 4 is 17.5 Å². The van der Waals surface area contributed by atoms with Crippen LogP contribution in [0.1, 0.15) is 18.2 Å². The zero-order chi connectivity index (χ0) is 21.2. The molecular weight excluding hydrogens is 385 g/mol. The van der Waals surface area contributed by atoms with Crippen molar-refractivity contribution in [1.29, 1.82) is 0 Å². The second-order valence-electron chi connectivity index (χ2n) is 6.73. The van der Waals surface area contributed by atoms with Gasteiger partial charge in [-0.25, -0.2) is 9.97 Å². The number of hydrogen-bond acceptors (Lipinski definition) is 5. The van der Waals surface area contributed by atoms with Gasteiger partial charge in [-0.15, -0.1) is 0 Å². The van der Waals surface area contributed by atoms with Gasteiger partial charge in [0.05, 0.1) is 18.7 Å². The van der Waals surface area contributed by atoms with Crippen LogP contribution >= 0.6 is 0 Å². The van der Waals surface area contributed by atoms with Gasteiger partial charge < -0.3 is 11.1 Å². The third kappa shape index (κ3) is 5.09. The highest BCUT2D eigenvalue weighted by Crippen LogP contribution is 2.29. The summed E-state index contributed by atoms with van der Waals surface area (Å²) in [4.78, 5) is 18.6. The maximum atomic E-state index is 12.8. The molecule has 3 N–H and O–H groups in total. The molecule has 3 aromatic rings. The largest absolute Gasteiger partial charge is 0.433 e. The van der Waals surface area contributed by atoms with Crippen molar-refractivity contribution in [2.24, 2.45) is 11.7 Å². The number of primary amides is 1. The molecule has 1 amide bonds. The third-order valence-electron chi connectivity index (χ3n) is 4.19. The van der Waals surface area contributed by atoms with E-state index in [2.05, 4.69) is 20.4 Å². The second-order valence-corrected chi connectivity index (χ2v) is 6.73. The van der Waals surface area contributed by atoms with E-state index < -0.39 is 17.8 Å². The molecule has 1 atom stereocenters. The monoisotopic (exact) mass is 404 g/mol. The predicted octanol–water partition coefficient (Wildman–Crippen LogP) is 3.53. The molecule has 7 nitrogen and oxygen atoms in total. The van der Waals surface area contributed by atoms with E-state index in [9.17, 15) is 18.0 Å². The Labute approximate surface area is 164 Å². The fourth-order valence-corrected chi connectivity index (χ4v) is 2.71. The summed E-state index contributed by atoms with van der Waals surface area (Å²) in [6.07, 6.45) is -0.0711. The molecule has 152 valence electrons. The fourth-order valence-electron chi connectivity index (χ4n) is 2.71. The maximum Gasteiger partial charge on any atom is 0.433 e. The van der Waals surface area contributed by atoms with Crippen LogP contribution in [0.2, 0.25) is 0 Å². The van der Waals surface area contributed by atoms with Gasteiger partial charge in [0.25, 0.3) is 0 Å². The first kappa shape index (κ1) is 20.3. The van der Waals surface area contributed by atoms with Crippen LogP contribution in [0.5, 0.6) is 0 Å². The molecule has 0 saturated heterocycles. The molecule has 10 heteroatoms. The number of aryl methyl sites for hydroxylation is 1. The summed E-state index contributed by atoms with van der Waals surface area (Å²) in [6.45, 7) is 3.93. The van der Waals surface area contributed by atoms with Crippen LogP contribution < -0.4 is 11.1 Å². The summed E-state index contributed by atoms with van der Waals surface area (Å²) in [5.41, 5.74) is 7.28. The first-order valence-electron chi connectivity index (χ1n) is 8.73. The molecular formula is C19H19F3N6O. The molecule has 0 bridgehead atoms. The number of anilines is 2. The number of carbonyl (C=O) groups excluding carboxylic acids is 1. The van der Waals surface area contributed by atoms with Crippen molar-refractivity contribution in [2.45, 2.75) is 26.6 Å². The number of nitrogens with one attached hydrogen (secondary N) is 1. The van der Waals surface area contributed by atoms with E-state index in [0.717, 1.165) is 29.0 Å². The molecule has 0 saturated carbocycles. The Balaban J connectivity index is 1.84. The highest BCUT2D eigenvalue weighted by Gasteiger charge is 2.32. The zero-order valence-corrected chi connectivity index (χ0v) is 15.7. The summed E-state index contributed by atoms with van der Waals surface area (Å²) in [5.74, 6) is -0.928. The number of aromatic nitrogens is 4. The molecule has 1 unspecified atom stereocenters. The normalized spacial score (nSPS) is 12.6. The minimum absolute atomic E-state index is 0.151. The third-order valence-corrected chi connectivity index (χ3v) is 4.19. The molecule has 1 aromatic carbocycles. The lowest BCUT2D eigenvalue weighted by Gasteiger charge is -2.10. The summed E-state index contributed by atoms with van der Waals surface area (Å²) in [6, 6.07) is 6.26. The molecule has 0 spiro atoms. The standard InChI is InChI=1S/C19H19F3N6O/c1-11-5-13(14-8-25-28(10-14)9-12(2)17(23)29)7-15(6-11)26-18-24-4-3-16(27-18)19(20,21)22/h3-8,10,12H,9H2,1-2H3,(H2,23,29)(H,24,26,27). The number of hydrogen-bond donors (Lipinski definition) is 2. The number of alkyl halides is 3. The average Bonchev–Trinajstić information content (AvgIpc) is 3.09. The summed E-state index contributed by atoms with van der Waals surface area (Å²) in [5, 5.41) is 7.05. The van der Waals surface area contributed by atoms with E-state index in [4.69, 9.17) is 5.73 Å². The van der Waals surface area contributed by atoms with Gasteiger partial charge in [-0.05, 0) is 36.2 Å². The topological polar surface area (TPSA) is 98.7 Å². The van der Waals surface area contributed by atoms with Gasteiger partial charge in [-0.3, -0.25) is 9.48 Å². The van der Waals surface area contributed by atoms with Crippen molar-refractivity contribution in [2.75, 3.05) is 5.32 Å². The molecule has 2 aromatic heterocycles. The molecule has 0 fully saturated rings. The van der Waals surface area contributed by atoms with Gasteiger partial charge in [0.15, 0.2) is 0 Å². The van der Waals surface area contributed by atoms with Crippen molar-refractivity contribution < 1.29 is 18.0 Å². The first-order chi connectivity index (χ1) is 13.6. The average molecular weight is 404 g/mol. The number of benzene rings is 1. The fraction of sp³-hybridized carbons (Fsp3) is 0.263. The van der Waals surface area contributed by atoms with Crippen LogP contribution in [0.3, 0.4) is 0 Å². The van der Waals surface area contributed by atoms with Crippen molar-refractivity contribution in [3.05, 3.63) is 54.1 Å². The van der Waals surface area contributed by atoms with Crippen LogP contribution in [-0.4, -0.2) is 25.7 Å². The summed E-state index contributed by atoms with van der Waals surface area (Å²) in [7, 11) is 0. The Morgan fingerprint density at radius 1 is 1.28 bits per heavy atom. The van der Waals surface area contributed by atoms with Gasteiger partial charge in [0.1, 0.15) is 5.69 Å². The summed E-state index contributed by atoms with van der Waals surface area (Å²) >= 11 is 0. The SMILES string of the molecule is Cc1cc(Nc2nccc(C(F)(F)F)n2)cc(-c2cnn(CC(C)C(N)=O)c2)c1. The lowest BCUT2D eigenvalue weighted by molar-refractivity contribution is -0.141. The second kappa shape index (κ2) is 7.90. The number of nitrogens with two attached hydrogens (primary N) is 1. The van der Waals surface area contributed by atoms with Crippen molar-refractivity contribution in [3.8, 4) is 11.1 Å². The number of rotatable bonds is 6. The molecule has 0 aliphatic carbocycles. The van der Waals surface area contributed by atoms with E-state index in [1.807, 2.05) is 13.0 Å². The van der Waals surface area contributed by atoms with Crippen molar-refractivity contribution in [3.63, 3.8) is 0 Å². The smallest absolute Gasteiger partial charge is 0.369 e. The Morgan fingerprint density at radius 2 is 2.03 bits per heavy atom. The Bertz CT molecular complexity index is 1030. The van der Waals surface area contributed by atoms with E-state index in [0.29, 0.717) is 12.2 Å². The minimum atomic E-state index is -4.55. The quantitative estimate of drug-likeness (QED) is 0.655. The van der Waals surface area contributed by atoms with Crippen molar-refractivity contribution in [1.82, 2.24) is 19.7 Å². The molecule has 3 rings (SSSR count). The van der Waals surface area contributed by atoms with Crippen LogP contribution in [0.25, 0.3) is 11.1 Å². The van der Waals surface area contributed by atoms with Crippen LogP contribution in [-0.2, 0) is 17.5 Å². The summed E-state index contributed by atoms with van der Waals surface area (Å²) < 4.78 is 40.1. The Kier molecular flexibility index (Phi) is 5.53. The molecule has 0 radical (unpaired) electrons. The molecule has 0 aliphatic heterocycles. The molecule has 29 heavy (non-hydrogen) atoms. The zero-order valence-electron chi connectivity index (χ0n) is 15.7. The number of nitrogens with zero attached hydrogens (tertiary/aromatic N) is 4. The van der Waals surface area contributed by atoms with Crippen LogP contribution in [0.15, 0.2) is 42.9 Å². The Hall–Kier alpha value is -3.43. The highest BCUT2D eigenvalue weighted by atomic mass is 19.4. The maximum absolute atomic E-state index is 12.8. The predicted molar refractivity (Wildman–Crippen MR) is 101 cm³/mol. The van der Waals surface area contributed by atoms with Gasteiger partial charge in [0.2, 0.25) is 11.9 Å². The van der Waals surface area contributed by atoms with E-state index in [1.54, 1.807) is 36.1 Å². The molecule has 2 heterocycles. The van der Waals surface area contributed by atoms with E-state index in [1.165, 1.54) is 0 Å². The van der Waals surface area contributed by atoms with Crippen LogP contribution in [0, 0.1) is 12.8 Å². The number of carbonyl (C=O) groups is 1. The van der Waals surface area contributed by atoms with Crippen LogP contribution in [0.4, 0.5) is 24.8 Å². The number of amides is 1. The lowest BCUT2D eigenvalue weighted by Crippen LogP contribution is -2.24. The van der Waals surface area contributed by atoms with E-state index >= 15 is 0 Å².